The van der Waals surface area contributed by atoms with Gasteiger partial charge in [-0.15, -0.1) is 0 Å². The van der Waals surface area contributed by atoms with E-state index in [-0.39, 0.29) is 0 Å². The van der Waals surface area contributed by atoms with E-state index in [0.29, 0.717) is 14.5 Å². The molecule has 2 rings (SSSR count). The van der Waals surface area contributed by atoms with Gasteiger partial charge in [-0.1, -0.05) is 29.5 Å². The minimum atomic E-state index is 0.446. The van der Waals surface area contributed by atoms with Gasteiger partial charge in [0.25, 0.3) is 0 Å². The summed E-state index contributed by atoms with van der Waals surface area (Å²) in [5.74, 6) is 0.892. The number of alkyl halides is 1. The van der Waals surface area contributed by atoms with Crippen molar-refractivity contribution in [3.8, 4) is 5.75 Å². The Bertz CT molecular complexity index is 427. The summed E-state index contributed by atoms with van der Waals surface area (Å²) in [6.45, 7) is 4.19. The Hall–Kier alpha value is -0.0605. The third kappa shape index (κ3) is 3.78. The fourth-order valence-corrected chi connectivity index (χ4v) is 2.84. The number of halogens is 1. The third-order valence-electron chi connectivity index (χ3n) is 1.70. The van der Waals surface area contributed by atoms with Gasteiger partial charge in [-0.25, -0.2) is 0 Å². The average molecular weight is 382 g/mol. The molecule has 1 aromatic carbocycles. The topological polar surface area (TPSA) is 22.1 Å². The molecular weight excluding hydrogens is 368 g/mol. The number of rotatable bonds is 1. The standard InChI is InChI=1S/C9H9NOSe.C2H5I/c1-6-10-8-5-7(11-2)3-4-9(8)12-6;1-2-3/h3-5H,1-2H3;2H2,1H3. The van der Waals surface area contributed by atoms with Gasteiger partial charge in [-0.2, -0.15) is 0 Å². The first-order chi connectivity index (χ1) is 7.21. The SMILES string of the molecule is CCI.COc1ccc2[se]c(C)nc2c1. The van der Waals surface area contributed by atoms with Crippen molar-refractivity contribution < 1.29 is 4.74 Å². The molecule has 0 saturated heterocycles. The van der Waals surface area contributed by atoms with Crippen LogP contribution in [0.1, 0.15) is 11.5 Å². The number of ether oxygens (including phenoxy) is 1. The Labute approximate surface area is 110 Å². The number of hydrogen-bond acceptors (Lipinski definition) is 2. The first-order valence-electron chi connectivity index (χ1n) is 4.68. The fraction of sp³-hybridized carbons (Fsp3) is 0.364. The number of aromatic nitrogens is 1. The molecule has 0 amide bonds. The van der Waals surface area contributed by atoms with Crippen LogP contribution in [0.25, 0.3) is 9.78 Å². The molecule has 2 aromatic rings. The Morgan fingerprint density at radius 1 is 1.47 bits per heavy atom. The third-order valence-corrected chi connectivity index (χ3v) is 3.70. The number of benzene rings is 1. The molecule has 15 heavy (non-hydrogen) atoms. The van der Waals surface area contributed by atoms with Crippen molar-refractivity contribution in [1.29, 1.82) is 0 Å². The van der Waals surface area contributed by atoms with E-state index in [4.69, 9.17) is 4.74 Å². The van der Waals surface area contributed by atoms with Crippen molar-refractivity contribution in [1.82, 2.24) is 4.98 Å². The molecule has 0 aliphatic rings. The van der Waals surface area contributed by atoms with Crippen molar-refractivity contribution in [3.05, 3.63) is 22.8 Å². The first kappa shape index (κ1) is 13.0. The van der Waals surface area contributed by atoms with Crippen LogP contribution in [0.2, 0.25) is 0 Å². The molecule has 1 heterocycles. The zero-order valence-corrected chi connectivity index (χ0v) is 13.0. The van der Waals surface area contributed by atoms with E-state index in [1.807, 2.05) is 12.1 Å². The van der Waals surface area contributed by atoms with E-state index in [1.54, 1.807) is 7.11 Å². The molecule has 0 bridgehead atoms. The Morgan fingerprint density at radius 3 is 2.73 bits per heavy atom. The molecule has 0 fully saturated rings. The molecule has 82 valence electrons. The van der Waals surface area contributed by atoms with Crippen LogP contribution in [0.15, 0.2) is 18.2 Å². The predicted molar refractivity (Wildman–Crippen MR) is 74.5 cm³/mol. The zero-order chi connectivity index (χ0) is 11.3. The second-order valence-electron chi connectivity index (χ2n) is 2.83. The van der Waals surface area contributed by atoms with Crippen LogP contribution in [0, 0.1) is 6.92 Å². The van der Waals surface area contributed by atoms with Gasteiger partial charge in [0.1, 0.15) is 0 Å². The summed E-state index contributed by atoms with van der Waals surface area (Å²) in [7, 11) is 1.68. The second-order valence-corrected chi connectivity index (χ2v) is 6.95. The molecule has 0 atom stereocenters. The monoisotopic (exact) mass is 383 g/mol. The van der Waals surface area contributed by atoms with Crippen LogP contribution in [-0.2, 0) is 0 Å². The normalized spacial score (nSPS) is 9.60. The molecule has 2 nitrogen and oxygen atoms in total. The molecule has 0 N–H and O–H groups in total. The molecule has 0 radical (unpaired) electrons. The Morgan fingerprint density at radius 2 is 2.13 bits per heavy atom. The van der Waals surface area contributed by atoms with E-state index in [0.717, 1.165) is 11.3 Å². The van der Waals surface area contributed by atoms with Crippen LogP contribution in [0.3, 0.4) is 0 Å². The summed E-state index contributed by atoms with van der Waals surface area (Å²) in [5, 5.41) is 0. The van der Waals surface area contributed by atoms with Crippen LogP contribution < -0.4 is 4.74 Å². The molecular formula is C11H14INOSe. The molecule has 0 saturated carbocycles. The fourth-order valence-electron chi connectivity index (χ4n) is 1.15. The molecule has 0 aliphatic carbocycles. The summed E-state index contributed by atoms with van der Waals surface area (Å²) >= 11 is 2.73. The molecule has 0 spiro atoms. The molecule has 0 unspecified atom stereocenters. The Kier molecular flexibility index (Phi) is 5.64. The summed E-state index contributed by atoms with van der Waals surface area (Å²) < 4.78 is 8.94. The summed E-state index contributed by atoms with van der Waals surface area (Å²) in [6.07, 6.45) is 0. The summed E-state index contributed by atoms with van der Waals surface area (Å²) in [6, 6.07) is 6.09. The van der Waals surface area contributed by atoms with E-state index in [2.05, 4.69) is 47.5 Å². The number of aryl methyl sites for hydroxylation is 1. The van der Waals surface area contributed by atoms with Gasteiger partial charge in [0, 0.05) is 0 Å². The molecule has 4 heteroatoms. The average Bonchev–Trinajstić information content (AvgIpc) is 2.57. The minimum absolute atomic E-state index is 0.446. The van der Waals surface area contributed by atoms with Gasteiger partial charge in [-0.3, -0.25) is 0 Å². The van der Waals surface area contributed by atoms with Crippen molar-refractivity contribution in [2.24, 2.45) is 0 Å². The molecule has 0 aliphatic heterocycles. The summed E-state index contributed by atoms with van der Waals surface area (Å²) in [4.78, 5) is 4.43. The first-order valence-corrected chi connectivity index (χ1v) is 7.92. The van der Waals surface area contributed by atoms with Crippen molar-refractivity contribution in [3.63, 3.8) is 0 Å². The van der Waals surface area contributed by atoms with E-state index in [1.165, 1.54) is 13.3 Å². The van der Waals surface area contributed by atoms with Crippen LogP contribution in [-0.4, -0.2) is 31.0 Å². The van der Waals surface area contributed by atoms with Crippen LogP contribution >= 0.6 is 22.6 Å². The van der Waals surface area contributed by atoms with E-state index < -0.39 is 0 Å². The van der Waals surface area contributed by atoms with Crippen LogP contribution in [0.5, 0.6) is 5.75 Å². The number of nitrogens with zero attached hydrogens (tertiary/aromatic N) is 1. The van der Waals surface area contributed by atoms with Crippen LogP contribution in [0.4, 0.5) is 0 Å². The zero-order valence-electron chi connectivity index (χ0n) is 9.08. The maximum absolute atomic E-state index is 5.11. The van der Waals surface area contributed by atoms with Gasteiger partial charge in [0.2, 0.25) is 0 Å². The maximum atomic E-state index is 5.11. The summed E-state index contributed by atoms with van der Waals surface area (Å²) in [5.41, 5.74) is 1.09. The second kappa shape index (κ2) is 6.51. The van der Waals surface area contributed by atoms with E-state index >= 15 is 0 Å². The van der Waals surface area contributed by atoms with Crippen molar-refractivity contribution in [2.45, 2.75) is 13.8 Å². The van der Waals surface area contributed by atoms with Gasteiger partial charge in [-0.05, 0) is 4.43 Å². The number of fused-ring (bicyclic) bond motifs is 1. The van der Waals surface area contributed by atoms with Crippen molar-refractivity contribution >= 4 is 46.9 Å². The number of hydrogen-bond donors (Lipinski definition) is 0. The quantitative estimate of drug-likeness (QED) is 0.430. The molecule has 1 aromatic heterocycles. The Balaban J connectivity index is 0.000000337. The van der Waals surface area contributed by atoms with Gasteiger partial charge in [0.15, 0.2) is 0 Å². The van der Waals surface area contributed by atoms with Gasteiger partial charge >= 0.3 is 76.6 Å². The van der Waals surface area contributed by atoms with Gasteiger partial charge < -0.3 is 0 Å². The number of methoxy groups -OCH3 is 1. The van der Waals surface area contributed by atoms with Gasteiger partial charge in [0.05, 0.1) is 0 Å². The van der Waals surface area contributed by atoms with E-state index in [9.17, 15) is 0 Å². The van der Waals surface area contributed by atoms with Crippen molar-refractivity contribution in [2.75, 3.05) is 11.5 Å². The predicted octanol–water partition coefficient (Wildman–Crippen LogP) is 3.05.